The number of nitrogens with one attached hydrogen (secondary N) is 1. The number of carbonyl (C=O) groups is 1. The number of benzene rings is 2. The Morgan fingerprint density at radius 3 is 2.67 bits per heavy atom. The Balaban J connectivity index is 1.58. The zero-order valence-corrected chi connectivity index (χ0v) is 15.3. The largest absolute Gasteiger partial charge is 0.345 e. The predicted octanol–water partition coefficient (Wildman–Crippen LogP) is 3.68. The van der Waals surface area contributed by atoms with E-state index in [1.54, 1.807) is 28.8 Å². The highest BCUT2D eigenvalue weighted by Gasteiger charge is 2.11. The van der Waals surface area contributed by atoms with E-state index >= 15 is 0 Å². The van der Waals surface area contributed by atoms with Gasteiger partial charge in [0.1, 0.15) is 0 Å². The standard InChI is InChI=1S/C20H16ClN5O/c1-13-5-7-14(8-6-13)17-9-10-18-23-24-19(26(18)25-17)12-22-20(27)15-3-2-4-16(21)11-15/h2-11H,12H2,1H3,(H,22,27). The molecule has 0 saturated heterocycles. The molecule has 1 amide bonds. The zero-order chi connectivity index (χ0) is 18.8. The highest BCUT2D eigenvalue weighted by molar-refractivity contribution is 6.30. The molecule has 4 rings (SSSR count). The van der Waals surface area contributed by atoms with Crippen molar-refractivity contribution in [2.24, 2.45) is 0 Å². The van der Waals surface area contributed by atoms with Gasteiger partial charge in [-0.1, -0.05) is 47.5 Å². The number of hydrogen-bond donors (Lipinski definition) is 1. The quantitative estimate of drug-likeness (QED) is 0.588. The predicted molar refractivity (Wildman–Crippen MR) is 104 cm³/mol. The van der Waals surface area contributed by atoms with Crippen LogP contribution in [0, 0.1) is 6.92 Å². The molecule has 0 atom stereocenters. The fourth-order valence-corrected chi connectivity index (χ4v) is 2.90. The average Bonchev–Trinajstić information content (AvgIpc) is 3.09. The van der Waals surface area contributed by atoms with Crippen LogP contribution in [0.3, 0.4) is 0 Å². The van der Waals surface area contributed by atoms with Gasteiger partial charge in [-0.15, -0.1) is 10.2 Å². The van der Waals surface area contributed by atoms with Gasteiger partial charge in [0.15, 0.2) is 11.5 Å². The van der Waals surface area contributed by atoms with E-state index in [-0.39, 0.29) is 12.5 Å². The number of carbonyl (C=O) groups excluding carboxylic acids is 1. The van der Waals surface area contributed by atoms with Crippen LogP contribution in [0.1, 0.15) is 21.7 Å². The maximum atomic E-state index is 12.3. The Morgan fingerprint density at radius 2 is 1.89 bits per heavy atom. The van der Waals surface area contributed by atoms with Crippen molar-refractivity contribution in [1.29, 1.82) is 0 Å². The number of fused-ring (bicyclic) bond motifs is 1. The second-order valence-electron chi connectivity index (χ2n) is 6.16. The van der Waals surface area contributed by atoms with Crippen molar-refractivity contribution >= 4 is 23.2 Å². The van der Waals surface area contributed by atoms with Crippen LogP contribution >= 0.6 is 11.6 Å². The normalized spacial score (nSPS) is 10.9. The van der Waals surface area contributed by atoms with Gasteiger partial charge in [0.05, 0.1) is 12.2 Å². The van der Waals surface area contributed by atoms with Crippen molar-refractivity contribution in [2.45, 2.75) is 13.5 Å². The van der Waals surface area contributed by atoms with Crippen molar-refractivity contribution in [3.8, 4) is 11.3 Å². The topological polar surface area (TPSA) is 72.2 Å². The fraction of sp³-hybridized carbons (Fsp3) is 0.100. The Kier molecular flexibility index (Phi) is 4.56. The molecule has 0 fully saturated rings. The lowest BCUT2D eigenvalue weighted by Crippen LogP contribution is -2.24. The average molecular weight is 378 g/mol. The molecule has 27 heavy (non-hydrogen) atoms. The van der Waals surface area contributed by atoms with E-state index in [9.17, 15) is 4.79 Å². The molecule has 7 heteroatoms. The van der Waals surface area contributed by atoms with Crippen LogP contribution in [0.5, 0.6) is 0 Å². The van der Waals surface area contributed by atoms with Gasteiger partial charge in [0, 0.05) is 16.1 Å². The Morgan fingerprint density at radius 1 is 1.07 bits per heavy atom. The van der Waals surface area contributed by atoms with Gasteiger partial charge in [-0.05, 0) is 37.3 Å². The monoisotopic (exact) mass is 377 g/mol. The molecule has 0 radical (unpaired) electrons. The summed E-state index contributed by atoms with van der Waals surface area (Å²) in [5.74, 6) is 0.318. The molecule has 0 bridgehead atoms. The fourth-order valence-electron chi connectivity index (χ4n) is 2.71. The molecule has 2 aromatic carbocycles. The van der Waals surface area contributed by atoms with Crippen LogP contribution in [0.15, 0.2) is 60.7 Å². The molecule has 2 aromatic heterocycles. The van der Waals surface area contributed by atoms with Gasteiger partial charge in [0.25, 0.3) is 5.91 Å². The minimum absolute atomic E-state index is 0.205. The van der Waals surface area contributed by atoms with E-state index < -0.39 is 0 Å². The molecule has 6 nitrogen and oxygen atoms in total. The molecule has 0 spiro atoms. The maximum absolute atomic E-state index is 12.3. The van der Waals surface area contributed by atoms with Crippen LogP contribution in [-0.2, 0) is 6.54 Å². The molecule has 0 saturated carbocycles. The summed E-state index contributed by atoms with van der Waals surface area (Å²) in [5, 5.41) is 16.2. The lowest BCUT2D eigenvalue weighted by atomic mass is 10.1. The summed E-state index contributed by atoms with van der Waals surface area (Å²) in [6.45, 7) is 2.25. The lowest BCUT2D eigenvalue weighted by molar-refractivity contribution is 0.0949. The first kappa shape index (κ1) is 17.2. The van der Waals surface area contributed by atoms with E-state index in [2.05, 4.69) is 20.6 Å². The van der Waals surface area contributed by atoms with Gasteiger partial charge in [0.2, 0.25) is 0 Å². The number of aromatic nitrogens is 4. The second kappa shape index (κ2) is 7.17. The summed E-state index contributed by atoms with van der Waals surface area (Å²) < 4.78 is 1.65. The molecule has 0 aliphatic rings. The molecular weight excluding hydrogens is 362 g/mol. The van der Waals surface area contributed by atoms with Crippen molar-refractivity contribution < 1.29 is 4.79 Å². The highest BCUT2D eigenvalue weighted by atomic mass is 35.5. The summed E-state index contributed by atoms with van der Waals surface area (Å²) in [5.41, 5.74) is 4.12. The minimum Gasteiger partial charge on any atom is -0.345 e. The van der Waals surface area contributed by atoms with Crippen LogP contribution < -0.4 is 5.32 Å². The van der Waals surface area contributed by atoms with Crippen molar-refractivity contribution in [3.05, 3.63) is 82.6 Å². The molecule has 0 aliphatic carbocycles. The molecule has 134 valence electrons. The SMILES string of the molecule is Cc1ccc(-c2ccc3nnc(CNC(=O)c4cccc(Cl)c4)n3n2)cc1. The summed E-state index contributed by atoms with van der Waals surface area (Å²) in [6.07, 6.45) is 0. The first-order valence-electron chi connectivity index (χ1n) is 8.42. The third-order valence-corrected chi connectivity index (χ3v) is 4.40. The van der Waals surface area contributed by atoms with Crippen molar-refractivity contribution in [3.63, 3.8) is 0 Å². The number of aryl methyl sites for hydroxylation is 1. The Labute approximate surface area is 160 Å². The number of nitrogens with zero attached hydrogens (tertiary/aromatic N) is 4. The summed E-state index contributed by atoms with van der Waals surface area (Å²) in [6, 6.07) is 18.7. The molecule has 2 heterocycles. The Bertz CT molecular complexity index is 1120. The summed E-state index contributed by atoms with van der Waals surface area (Å²) in [7, 11) is 0. The van der Waals surface area contributed by atoms with E-state index in [1.165, 1.54) is 5.56 Å². The maximum Gasteiger partial charge on any atom is 0.251 e. The van der Waals surface area contributed by atoms with Crippen molar-refractivity contribution in [2.75, 3.05) is 0 Å². The van der Waals surface area contributed by atoms with Crippen LogP contribution in [-0.4, -0.2) is 25.7 Å². The van der Waals surface area contributed by atoms with Gasteiger partial charge in [-0.3, -0.25) is 4.79 Å². The summed E-state index contributed by atoms with van der Waals surface area (Å²) in [4.78, 5) is 12.3. The zero-order valence-electron chi connectivity index (χ0n) is 14.6. The minimum atomic E-state index is -0.232. The molecule has 4 aromatic rings. The van der Waals surface area contributed by atoms with E-state index in [0.717, 1.165) is 11.3 Å². The number of rotatable bonds is 4. The first-order valence-corrected chi connectivity index (χ1v) is 8.80. The second-order valence-corrected chi connectivity index (χ2v) is 6.60. The van der Waals surface area contributed by atoms with Crippen LogP contribution in [0.4, 0.5) is 0 Å². The highest BCUT2D eigenvalue weighted by Crippen LogP contribution is 2.18. The molecule has 0 aliphatic heterocycles. The van der Waals surface area contributed by atoms with E-state index in [0.29, 0.717) is 22.1 Å². The van der Waals surface area contributed by atoms with Gasteiger partial charge in [-0.2, -0.15) is 9.61 Å². The van der Waals surface area contributed by atoms with E-state index in [4.69, 9.17) is 11.6 Å². The van der Waals surface area contributed by atoms with Crippen LogP contribution in [0.25, 0.3) is 16.9 Å². The van der Waals surface area contributed by atoms with Gasteiger partial charge >= 0.3 is 0 Å². The smallest absolute Gasteiger partial charge is 0.251 e. The third-order valence-electron chi connectivity index (χ3n) is 4.17. The molecule has 0 unspecified atom stereocenters. The number of halogens is 1. The van der Waals surface area contributed by atoms with Gasteiger partial charge in [-0.25, -0.2) is 0 Å². The third kappa shape index (κ3) is 3.66. The first-order chi connectivity index (χ1) is 13.1. The summed E-state index contributed by atoms with van der Waals surface area (Å²) >= 11 is 5.94. The van der Waals surface area contributed by atoms with Gasteiger partial charge < -0.3 is 5.32 Å². The number of amides is 1. The number of hydrogen-bond acceptors (Lipinski definition) is 4. The van der Waals surface area contributed by atoms with E-state index in [1.807, 2.05) is 43.3 Å². The molecular formula is C20H16ClN5O. The molecule has 1 N–H and O–H groups in total. The lowest BCUT2D eigenvalue weighted by Gasteiger charge is -2.06. The van der Waals surface area contributed by atoms with Crippen molar-refractivity contribution in [1.82, 2.24) is 25.1 Å². The van der Waals surface area contributed by atoms with Crippen LogP contribution in [0.2, 0.25) is 5.02 Å². The Hall–Kier alpha value is -3.25.